The van der Waals surface area contributed by atoms with E-state index in [1.807, 2.05) is 0 Å². The molecule has 1 N–H and O–H groups in total. The molecule has 2 amide bonds. The lowest BCUT2D eigenvalue weighted by Crippen LogP contribution is -2.39. The Morgan fingerprint density at radius 1 is 1.13 bits per heavy atom. The highest BCUT2D eigenvalue weighted by molar-refractivity contribution is 7.92. The van der Waals surface area contributed by atoms with Crippen LogP contribution in [0.25, 0.3) is 0 Å². The second-order valence-corrected chi connectivity index (χ2v) is 11.8. The molecule has 1 atom stereocenters. The minimum atomic E-state index is -3.61. The summed E-state index contributed by atoms with van der Waals surface area (Å²) in [6, 6.07) is 5.20. The number of benzene rings is 1. The van der Waals surface area contributed by atoms with Gasteiger partial charge >= 0.3 is 0 Å². The number of fused-ring (bicyclic) bond motifs is 1. The van der Waals surface area contributed by atoms with Crippen LogP contribution in [0.5, 0.6) is 0 Å². The van der Waals surface area contributed by atoms with Crippen molar-refractivity contribution in [2.45, 2.75) is 81.4 Å². The van der Waals surface area contributed by atoms with Crippen molar-refractivity contribution in [3.63, 3.8) is 0 Å². The molecule has 0 unspecified atom stereocenters. The fraction of sp³-hybridized carbons (Fsp3) is 0.652. The summed E-state index contributed by atoms with van der Waals surface area (Å²) in [5.41, 5.74) is 1.74. The van der Waals surface area contributed by atoms with E-state index in [2.05, 4.69) is 12.2 Å². The molecule has 1 aromatic rings. The largest absolute Gasteiger partial charge is 0.353 e. The van der Waals surface area contributed by atoms with E-state index in [0.717, 1.165) is 49.8 Å². The third kappa shape index (κ3) is 4.41. The molecule has 0 saturated heterocycles. The van der Waals surface area contributed by atoms with Gasteiger partial charge in [0, 0.05) is 30.6 Å². The minimum absolute atomic E-state index is 0.0300. The second kappa shape index (κ2) is 8.33. The van der Waals surface area contributed by atoms with Crippen molar-refractivity contribution in [2.24, 2.45) is 11.8 Å². The highest BCUT2D eigenvalue weighted by atomic mass is 32.2. The molecule has 0 spiro atoms. The quantitative estimate of drug-likeness (QED) is 0.748. The van der Waals surface area contributed by atoms with Crippen LogP contribution in [0.2, 0.25) is 0 Å². The first-order valence-corrected chi connectivity index (χ1v) is 12.8. The van der Waals surface area contributed by atoms with E-state index in [0.29, 0.717) is 18.9 Å². The molecule has 1 heterocycles. The van der Waals surface area contributed by atoms with Crippen molar-refractivity contribution in [3.05, 3.63) is 23.8 Å². The number of carbonyl (C=O) groups excluding carboxylic acids is 2. The predicted molar refractivity (Wildman–Crippen MR) is 116 cm³/mol. The monoisotopic (exact) mass is 432 g/mol. The molecule has 0 radical (unpaired) electrons. The Labute approximate surface area is 179 Å². The van der Waals surface area contributed by atoms with Crippen LogP contribution in [-0.4, -0.2) is 38.1 Å². The minimum Gasteiger partial charge on any atom is -0.353 e. The smallest absolute Gasteiger partial charge is 0.230 e. The molecule has 1 aromatic carbocycles. The number of nitrogens with one attached hydrogen (secondary N) is 1. The molecule has 0 bridgehead atoms. The van der Waals surface area contributed by atoms with Gasteiger partial charge in [-0.15, -0.1) is 0 Å². The highest BCUT2D eigenvalue weighted by Gasteiger charge is 2.37. The molecular weight excluding hydrogens is 400 g/mol. The Bertz CT molecular complexity index is 931. The molecule has 2 saturated carbocycles. The summed E-state index contributed by atoms with van der Waals surface area (Å²) in [5, 5.41) is 2.23. The SMILES string of the molecule is CC1CCC(NC(=O)C[C@@H](C)S(=O)(=O)c2ccc3c(c2)CCN3C(=O)C2CC2)CC1. The number of sulfone groups is 1. The normalized spacial score (nSPS) is 24.9. The summed E-state index contributed by atoms with van der Waals surface area (Å²) in [7, 11) is -3.61. The van der Waals surface area contributed by atoms with Gasteiger partial charge in [0.25, 0.3) is 0 Å². The maximum atomic E-state index is 13.1. The topological polar surface area (TPSA) is 83.6 Å². The van der Waals surface area contributed by atoms with Gasteiger partial charge in [0.15, 0.2) is 9.84 Å². The molecule has 164 valence electrons. The molecule has 0 aromatic heterocycles. The maximum absolute atomic E-state index is 13.1. The summed E-state index contributed by atoms with van der Waals surface area (Å²) >= 11 is 0. The van der Waals surface area contributed by atoms with E-state index >= 15 is 0 Å². The van der Waals surface area contributed by atoms with Gasteiger partial charge in [-0.3, -0.25) is 9.59 Å². The van der Waals surface area contributed by atoms with Crippen molar-refractivity contribution in [2.75, 3.05) is 11.4 Å². The Hall–Kier alpha value is -1.89. The molecular formula is C23H32N2O4S. The molecule has 2 fully saturated rings. The zero-order valence-corrected chi connectivity index (χ0v) is 18.7. The number of carbonyl (C=O) groups is 2. The van der Waals surface area contributed by atoms with E-state index < -0.39 is 15.1 Å². The van der Waals surface area contributed by atoms with E-state index in [-0.39, 0.29) is 35.1 Å². The summed E-state index contributed by atoms with van der Waals surface area (Å²) < 4.78 is 26.2. The van der Waals surface area contributed by atoms with Gasteiger partial charge in [0.2, 0.25) is 11.8 Å². The summed E-state index contributed by atoms with van der Waals surface area (Å²) in [6.45, 7) is 4.45. The summed E-state index contributed by atoms with van der Waals surface area (Å²) in [6.07, 6.45) is 6.70. The zero-order chi connectivity index (χ0) is 21.5. The van der Waals surface area contributed by atoms with Gasteiger partial charge < -0.3 is 10.2 Å². The lowest BCUT2D eigenvalue weighted by Gasteiger charge is -2.27. The number of rotatable bonds is 6. The van der Waals surface area contributed by atoms with Crippen LogP contribution in [0.3, 0.4) is 0 Å². The van der Waals surface area contributed by atoms with Gasteiger partial charge in [0.1, 0.15) is 0 Å². The first-order chi connectivity index (χ1) is 14.3. The fourth-order valence-corrected chi connectivity index (χ4v) is 6.03. The van der Waals surface area contributed by atoms with E-state index in [1.165, 1.54) is 0 Å². The number of hydrogen-bond acceptors (Lipinski definition) is 4. The molecule has 30 heavy (non-hydrogen) atoms. The van der Waals surface area contributed by atoms with Crippen LogP contribution < -0.4 is 10.2 Å². The van der Waals surface area contributed by atoms with Gasteiger partial charge in [0.05, 0.1) is 10.1 Å². The predicted octanol–water partition coefficient (Wildman–Crippen LogP) is 3.23. The third-order valence-electron chi connectivity index (χ3n) is 6.85. The van der Waals surface area contributed by atoms with Gasteiger partial charge in [-0.1, -0.05) is 6.92 Å². The summed E-state index contributed by atoms with van der Waals surface area (Å²) in [4.78, 5) is 26.9. The standard InChI is InChI=1S/C23H32N2O4S/c1-15-3-7-19(8-4-15)24-22(26)13-16(2)30(28,29)20-9-10-21-18(14-20)11-12-25(21)23(27)17-5-6-17/h9-10,14-17,19H,3-8,11-13H2,1-2H3,(H,24,26)/t15?,16-,19?/m1/s1. The molecule has 1 aliphatic heterocycles. The van der Waals surface area contributed by atoms with E-state index in [1.54, 1.807) is 30.0 Å². The molecule has 4 rings (SSSR count). The average Bonchev–Trinajstić information content (AvgIpc) is 3.48. The Balaban J connectivity index is 1.40. The van der Waals surface area contributed by atoms with Gasteiger partial charge in [-0.2, -0.15) is 0 Å². The third-order valence-corrected chi connectivity index (χ3v) is 8.99. The van der Waals surface area contributed by atoms with Crippen LogP contribution in [-0.2, 0) is 25.8 Å². The van der Waals surface area contributed by atoms with Gasteiger partial charge in [-0.25, -0.2) is 8.42 Å². The molecule has 6 nitrogen and oxygen atoms in total. The molecule has 3 aliphatic rings. The first kappa shape index (κ1) is 21.3. The van der Waals surface area contributed by atoms with Crippen molar-refractivity contribution in [1.82, 2.24) is 5.32 Å². The van der Waals surface area contributed by atoms with Gasteiger partial charge in [-0.05, 0) is 81.5 Å². The van der Waals surface area contributed by atoms with Crippen molar-refractivity contribution in [3.8, 4) is 0 Å². The van der Waals surface area contributed by atoms with Crippen LogP contribution in [0, 0.1) is 11.8 Å². The Morgan fingerprint density at radius 3 is 2.50 bits per heavy atom. The number of amides is 2. The Kier molecular flexibility index (Phi) is 5.93. The summed E-state index contributed by atoms with van der Waals surface area (Å²) in [5.74, 6) is 0.817. The average molecular weight is 433 g/mol. The lowest BCUT2D eigenvalue weighted by molar-refractivity contribution is -0.122. The first-order valence-electron chi connectivity index (χ1n) is 11.2. The zero-order valence-electron chi connectivity index (χ0n) is 17.9. The fourth-order valence-electron chi connectivity index (χ4n) is 4.63. The second-order valence-electron chi connectivity index (χ2n) is 9.39. The van der Waals surface area contributed by atoms with Crippen molar-refractivity contribution >= 4 is 27.3 Å². The molecule has 2 aliphatic carbocycles. The molecule has 7 heteroatoms. The van der Waals surface area contributed by atoms with Crippen molar-refractivity contribution in [1.29, 1.82) is 0 Å². The number of anilines is 1. The lowest BCUT2D eigenvalue weighted by atomic mass is 9.87. The van der Waals surface area contributed by atoms with Crippen LogP contribution in [0.1, 0.15) is 64.4 Å². The van der Waals surface area contributed by atoms with Crippen LogP contribution in [0.4, 0.5) is 5.69 Å². The van der Waals surface area contributed by atoms with Crippen molar-refractivity contribution < 1.29 is 18.0 Å². The Morgan fingerprint density at radius 2 is 1.83 bits per heavy atom. The van der Waals surface area contributed by atoms with E-state index in [4.69, 9.17) is 0 Å². The maximum Gasteiger partial charge on any atom is 0.230 e. The number of nitrogens with zero attached hydrogens (tertiary/aromatic N) is 1. The highest BCUT2D eigenvalue weighted by Crippen LogP contribution is 2.37. The van der Waals surface area contributed by atoms with Crippen LogP contribution in [0.15, 0.2) is 23.1 Å². The number of hydrogen-bond donors (Lipinski definition) is 1. The van der Waals surface area contributed by atoms with E-state index in [9.17, 15) is 18.0 Å². The van der Waals surface area contributed by atoms with Crippen LogP contribution >= 0.6 is 0 Å².